The molecule has 0 radical (unpaired) electrons. The molecule has 0 aliphatic heterocycles. The van der Waals surface area contributed by atoms with Crippen molar-refractivity contribution in [2.75, 3.05) is 7.11 Å². The molecule has 2 aromatic heterocycles. The van der Waals surface area contributed by atoms with Gasteiger partial charge in [0.05, 0.1) is 32.0 Å². The van der Waals surface area contributed by atoms with Crippen molar-refractivity contribution in [2.24, 2.45) is 0 Å². The van der Waals surface area contributed by atoms with E-state index in [0.717, 1.165) is 17.0 Å². The SMILES string of the molecule is COc1cccc(CC(=O)NCc2cn(-c3ccncc3)nn2)c1. The molecule has 0 saturated carbocycles. The van der Waals surface area contributed by atoms with Gasteiger partial charge in [0.1, 0.15) is 11.4 Å². The van der Waals surface area contributed by atoms with Crippen LogP contribution in [-0.2, 0) is 17.8 Å². The van der Waals surface area contributed by atoms with E-state index in [0.29, 0.717) is 12.2 Å². The van der Waals surface area contributed by atoms with Crippen LogP contribution in [0.1, 0.15) is 11.3 Å². The molecular formula is C17H17N5O2. The minimum atomic E-state index is -0.0817. The van der Waals surface area contributed by atoms with Gasteiger partial charge in [0.2, 0.25) is 5.91 Å². The molecule has 0 fully saturated rings. The zero-order valence-electron chi connectivity index (χ0n) is 13.2. The van der Waals surface area contributed by atoms with Crippen molar-refractivity contribution in [3.8, 4) is 11.4 Å². The molecular weight excluding hydrogens is 306 g/mol. The molecule has 1 aromatic carbocycles. The number of nitrogens with one attached hydrogen (secondary N) is 1. The van der Waals surface area contributed by atoms with Gasteiger partial charge in [0.15, 0.2) is 0 Å². The number of benzene rings is 1. The third kappa shape index (κ3) is 3.95. The Morgan fingerprint density at radius 3 is 2.88 bits per heavy atom. The number of hydrogen-bond donors (Lipinski definition) is 1. The number of hydrogen-bond acceptors (Lipinski definition) is 5. The number of methoxy groups -OCH3 is 1. The lowest BCUT2D eigenvalue weighted by molar-refractivity contribution is -0.120. The van der Waals surface area contributed by atoms with Crippen LogP contribution in [0.5, 0.6) is 5.75 Å². The van der Waals surface area contributed by atoms with Gasteiger partial charge in [-0.2, -0.15) is 0 Å². The molecule has 122 valence electrons. The Morgan fingerprint density at radius 1 is 1.25 bits per heavy atom. The first-order valence-electron chi connectivity index (χ1n) is 7.46. The van der Waals surface area contributed by atoms with E-state index in [-0.39, 0.29) is 12.3 Å². The summed E-state index contributed by atoms with van der Waals surface area (Å²) in [6.45, 7) is 0.327. The number of nitrogens with zero attached hydrogens (tertiary/aromatic N) is 4. The Morgan fingerprint density at radius 2 is 2.08 bits per heavy atom. The number of ether oxygens (including phenoxy) is 1. The maximum atomic E-state index is 12.0. The normalized spacial score (nSPS) is 10.4. The summed E-state index contributed by atoms with van der Waals surface area (Å²) in [5, 5.41) is 10.9. The lowest BCUT2D eigenvalue weighted by Gasteiger charge is -2.05. The Kier molecular flexibility index (Phi) is 4.81. The first-order valence-corrected chi connectivity index (χ1v) is 7.46. The third-order valence-corrected chi connectivity index (χ3v) is 3.43. The average molecular weight is 323 g/mol. The second kappa shape index (κ2) is 7.36. The van der Waals surface area contributed by atoms with Crippen LogP contribution in [0, 0.1) is 0 Å². The van der Waals surface area contributed by atoms with Gasteiger partial charge in [-0.05, 0) is 29.8 Å². The topological polar surface area (TPSA) is 81.9 Å². The van der Waals surface area contributed by atoms with Crippen molar-refractivity contribution in [3.05, 3.63) is 66.2 Å². The first kappa shape index (κ1) is 15.7. The van der Waals surface area contributed by atoms with Gasteiger partial charge >= 0.3 is 0 Å². The number of carbonyl (C=O) groups excluding carboxylic acids is 1. The number of pyridine rings is 1. The van der Waals surface area contributed by atoms with Gasteiger partial charge in [0.25, 0.3) is 0 Å². The van der Waals surface area contributed by atoms with Crippen molar-refractivity contribution in [1.82, 2.24) is 25.3 Å². The Labute approximate surface area is 139 Å². The standard InChI is InChI=1S/C17H17N5O2/c1-24-16-4-2-3-13(9-16)10-17(23)19-11-14-12-22(21-20-14)15-5-7-18-8-6-15/h2-9,12H,10-11H2,1H3,(H,19,23). The van der Waals surface area contributed by atoms with E-state index in [1.165, 1.54) is 0 Å². The van der Waals surface area contributed by atoms with Gasteiger partial charge in [-0.25, -0.2) is 4.68 Å². The van der Waals surface area contributed by atoms with Crippen LogP contribution in [-0.4, -0.2) is 33.0 Å². The zero-order chi connectivity index (χ0) is 16.8. The smallest absolute Gasteiger partial charge is 0.224 e. The molecule has 0 bridgehead atoms. The quantitative estimate of drug-likeness (QED) is 0.744. The summed E-state index contributed by atoms with van der Waals surface area (Å²) in [4.78, 5) is 16.0. The highest BCUT2D eigenvalue weighted by Gasteiger charge is 2.07. The minimum Gasteiger partial charge on any atom is -0.497 e. The fourth-order valence-corrected chi connectivity index (χ4v) is 2.22. The van der Waals surface area contributed by atoms with Crippen molar-refractivity contribution >= 4 is 5.91 Å². The van der Waals surface area contributed by atoms with Crippen LogP contribution in [0.15, 0.2) is 55.0 Å². The van der Waals surface area contributed by atoms with Crippen molar-refractivity contribution in [2.45, 2.75) is 13.0 Å². The molecule has 7 heteroatoms. The van der Waals surface area contributed by atoms with E-state index in [1.807, 2.05) is 36.4 Å². The van der Waals surface area contributed by atoms with Crippen LogP contribution < -0.4 is 10.1 Å². The largest absolute Gasteiger partial charge is 0.497 e. The highest BCUT2D eigenvalue weighted by molar-refractivity contribution is 5.78. The summed E-state index contributed by atoms with van der Waals surface area (Å²) in [6.07, 6.45) is 5.44. The predicted octanol–water partition coefficient (Wildman–Crippen LogP) is 1.53. The maximum absolute atomic E-state index is 12.0. The molecule has 3 rings (SSSR count). The van der Waals surface area contributed by atoms with E-state index in [1.54, 1.807) is 30.4 Å². The third-order valence-electron chi connectivity index (χ3n) is 3.43. The monoisotopic (exact) mass is 323 g/mol. The average Bonchev–Trinajstić information content (AvgIpc) is 3.10. The number of amides is 1. The molecule has 24 heavy (non-hydrogen) atoms. The summed E-state index contributed by atoms with van der Waals surface area (Å²) in [7, 11) is 1.60. The predicted molar refractivity (Wildman–Crippen MR) is 87.7 cm³/mol. The van der Waals surface area contributed by atoms with Crippen LogP contribution >= 0.6 is 0 Å². The molecule has 2 heterocycles. The summed E-state index contributed by atoms with van der Waals surface area (Å²) in [6, 6.07) is 11.1. The molecule has 0 aliphatic carbocycles. The van der Waals surface area contributed by atoms with Crippen LogP contribution in [0.3, 0.4) is 0 Å². The highest BCUT2D eigenvalue weighted by atomic mass is 16.5. The number of carbonyl (C=O) groups is 1. The van der Waals surface area contributed by atoms with E-state index in [2.05, 4.69) is 20.6 Å². The van der Waals surface area contributed by atoms with E-state index >= 15 is 0 Å². The van der Waals surface area contributed by atoms with Gasteiger partial charge < -0.3 is 10.1 Å². The van der Waals surface area contributed by atoms with Crippen molar-refractivity contribution in [3.63, 3.8) is 0 Å². The number of aromatic nitrogens is 4. The molecule has 1 amide bonds. The van der Waals surface area contributed by atoms with Crippen LogP contribution in [0.2, 0.25) is 0 Å². The van der Waals surface area contributed by atoms with Gasteiger partial charge in [-0.1, -0.05) is 17.3 Å². The number of rotatable bonds is 6. The lowest BCUT2D eigenvalue weighted by Crippen LogP contribution is -2.24. The summed E-state index contributed by atoms with van der Waals surface area (Å²) >= 11 is 0. The fourth-order valence-electron chi connectivity index (χ4n) is 2.22. The molecule has 0 atom stereocenters. The van der Waals surface area contributed by atoms with Gasteiger partial charge in [0, 0.05) is 12.4 Å². The van der Waals surface area contributed by atoms with E-state index in [9.17, 15) is 4.79 Å². The molecule has 0 saturated heterocycles. The maximum Gasteiger partial charge on any atom is 0.224 e. The molecule has 0 unspecified atom stereocenters. The van der Waals surface area contributed by atoms with Crippen molar-refractivity contribution in [1.29, 1.82) is 0 Å². The second-order valence-electron chi connectivity index (χ2n) is 5.16. The summed E-state index contributed by atoms with van der Waals surface area (Å²) in [5.74, 6) is 0.655. The van der Waals surface area contributed by atoms with Crippen molar-refractivity contribution < 1.29 is 9.53 Å². The van der Waals surface area contributed by atoms with Crippen LogP contribution in [0.4, 0.5) is 0 Å². The first-order chi connectivity index (χ1) is 11.7. The van der Waals surface area contributed by atoms with Crippen LogP contribution in [0.25, 0.3) is 5.69 Å². The van der Waals surface area contributed by atoms with E-state index < -0.39 is 0 Å². The molecule has 0 aliphatic rings. The second-order valence-corrected chi connectivity index (χ2v) is 5.16. The highest BCUT2D eigenvalue weighted by Crippen LogP contribution is 2.13. The van der Waals surface area contributed by atoms with E-state index in [4.69, 9.17) is 4.74 Å². The Balaban J connectivity index is 1.56. The summed E-state index contributed by atoms with van der Waals surface area (Å²) in [5.41, 5.74) is 2.45. The fraction of sp³-hybridized carbons (Fsp3) is 0.176. The zero-order valence-corrected chi connectivity index (χ0v) is 13.2. The molecule has 7 nitrogen and oxygen atoms in total. The Hall–Kier alpha value is -3.22. The molecule has 0 spiro atoms. The Bertz CT molecular complexity index is 817. The minimum absolute atomic E-state index is 0.0817. The molecule has 1 N–H and O–H groups in total. The summed E-state index contributed by atoms with van der Waals surface area (Å²) < 4.78 is 6.80. The lowest BCUT2D eigenvalue weighted by atomic mass is 10.1. The van der Waals surface area contributed by atoms with Gasteiger partial charge in [-0.15, -0.1) is 5.10 Å². The molecule has 3 aromatic rings. The van der Waals surface area contributed by atoms with Gasteiger partial charge in [-0.3, -0.25) is 9.78 Å².